The summed E-state index contributed by atoms with van der Waals surface area (Å²) in [4.78, 5) is 0. The highest BCUT2D eigenvalue weighted by atomic mass is 28.4. The Kier molecular flexibility index (Phi) is 3.53. The molecule has 0 unspecified atom stereocenters. The summed E-state index contributed by atoms with van der Waals surface area (Å²) in [7, 11) is -0.183. The Balaban J connectivity index is 2.52. The second-order valence-electron chi connectivity index (χ2n) is 3.12. The topological polar surface area (TPSA) is 27.3 Å². The Labute approximate surface area is 75.6 Å². The molecule has 0 aromatic carbocycles. The summed E-state index contributed by atoms with van der Waals surface area (Å²) in [6, 6.07) is 0. The Morgan fingerprint density at radius 1 is 1.09 bits per heavy atom. The van der Waals surface area contributed by atoms with Gasteiger partial charge in [-0.05, 0) is 26.5 Å². The maximum Gasteiger partial charge on any atom is 0.185 e. The molecule has 11 heavy (non-hydrogen) atoms. The first kappa shape index (κ1) is 9.20. The largest absolute Gasteiger partial charge is 0.415 e. The average molecular weight is 203 g/mol. The van der Waals surface area contributed by atoms with Crippen LogP contribution in [0.4, 0.5) is 0 Å². The number of nitrogens with one attached hydrogen (secondary N) is 2. The Morgan fingerprint density at radius 2 is 1.64 bits per heavy atom. The summed E-state index contributed by atoms with van der Waals surface area (Å²) in [5.41, 5.74) is 2.98. The van der Waals surface area contributed by atoms with Gasteiger partial charge in [-0.2, -0.15) is 0 Å². The lowest BCUT2D eigenvalue weighted by atomic mass is 10.3. The summed E-state index contributed by atoms with van der Waals surface area (Å²) >= 11 is 0. The highest BCUT2D eigenvalue weighted by Crippen LogP contribution is 2.05. The van der Waals surface area contributed by atoms with Gasteiger partial charge in [0, 0.05) is 0 Å². The van der Waals surface area contributed by atoms with Crippen LogP contribution in [-0.2, 0) is 0 Å². The molecule has 0 atom stereocenters. The van der Waals surface area contributed by atoms with Crippen molar-refractivity contribution in [3.8, 4) is 0 Å². The van der Waals surface area contributed by atoms with Crippen LogP contribution in [0.1, 0.15) is 20.8 Å². The molecule has 0 aromatic heterocycles. The lowest BCUT2D eigenvalue weighted by Crippen LogP contribution is -2.57. The molecule has 0 spiro atoms. The minimum absolute atomic E-state index is 0.0207. The van der Waals surface area contributed by atoms with Crippen molar-refractivity contribution in [1.29, 1.82) is 0 Å². The molecule has 1 rings (SSSR count). The molecule has 64 valence electrons. The number of hydrogen-bond acceptors (Lipinski definition) is 3. The predicted octanol–water partition coefficient (Wildman–Crippen LogP) is -2.21. The van der Waals surface area contributed by atoms with Crippen molar-refractivity contribution in [3.05, 3.63) is 11.3 Å². The van der Waals surface area contributed by atoms with Crippen LogP contribution in [0.5, 0.6) is 0 Å². The van der Waals surface area contributed by atoms with Gasteiger partial charge in [0.2, 0.25) is 0 Å². The minimum atomic E-state index is -0.0814. The van der Waals surface area contributed by atoms with Crippen molar-refractivity contribution in [2.75, 3.05) is 0 Å². The molecule has 0 aromatic rings. The molecule has 1 saturated heterocycles. The van der Waals surface area contributed by atoms with Crippen molar-refractivity contribution in [2.24, 2.45) is 0 Å². The van der Waals surface area contributed by atoms with Crippen molar-refractivity contribution < 1.29 is 0 Å². The first-order valence-electron chi connectivity index (χ1n) is 4.02. The normalized spacial score (nSPS) is 24.8. The van der Waals surface area contributed by atoms with Gasteiger partial charge in [0.15, 0.2) is 29.5 Å². The van der Waals surface area contributed by atoms with Gasteiger partial charge in [0.1, 0.15) is 0 Å². The molecule has 0 aliphatic carbocycles. The van der Waals surface area contributed by atoms with Gasteiger partial charge in [0.05, 0.1) is 0 Å². The van der Waals surface area contributed by atoms with Gasteiger partial charge in [-0.1, -0.05) is 5.57 Å². The molecule has 6 heteroatoms. The van der Waals surface area contributed by atoms with Crippen LogP contribution >= 0.6 is 0 Å². The van der Waals surface area contributed by atoms with Crippen molar-refractivity contribution in [2.45, 2.75) is 20.8 Å². The molecule has 2 N–H and O–H groups in total. The SMILES string of the molecule is CC(C)=C(C)N1[SiH2]N[SiH2]N[SiH2]1. The summed E-state index contributed by atoms with van der Waals surface area (Å²) in [6.07, 6.45) is 0. The second kappa shape index (κ2) is 4.21. The monoisotopic (exact) mass is 203 g/mol. The van der Waals surface area contributed by atoms with E-state index in [0.29, 0.717) is 0 Å². The fourth-order valence-corrected chi connectivity index (χ4v) is 10.8. The Hall–Kier alpha value is 0.111. The van der Waals surface area contributed by atoms with Crippen LogP contribution in [0, 0.1) is 0 Å². The molecule has 1 fully saturated rings. The quantitative estimate of drug-likeness (QED) is 0.474. The van der Waals surface area contributed by atoms with Gasteiger partial charge in [-0.15, -0.1) is 0 Å². The maximum absolute atomic E-state index is 3.56. The lowest BCUT2D eigenvalue weighted by Gasteiger charge is -2.31. The van der Waals surface area contributed by atoms with E-state index in [2.05, 4.69) is 34.3 Å². The van der Waals surface area contributed by atoms with Crippen LogP contribution in [0.15, 0.2) is 11.3 Å². The molecule has 0 bridgehead atoms. The first-order chi connectivity index (χ1) is 5.22. The van der Waals surface area contributed by atoms with Gasteiger partial charge in [0.25, 0.3) is 0 Å². The van der Waals surface area contributed by atoms with E-state index in [-0.39, 0.29) is 29.5 Å². The summed E-state index contributed by atoms with van der Waals surface area (Å²) in [6.45, 7) is 6.64. The molecule has 0 amide bonds. The maximum atomic E-state index is 3.56. The van der Waals surface area contributed by atoms with Gasteiger partial charge in [-0.3, -0.25) is 0 Å². The van der Waals surface area contributed by atoms with Gasteiger partial charge >= 0.3 is 0 Å². The van der Waals surface area contributed by atoms with E-state index in [1.54, 1.807) is 0 Å². The standard InChI is InChI=1S/C5H17N3Si3/c1-4(2)5(3)8-10-6-9-7-11-8/h6-7H,9-11H2,1-3H3. The molecule has 0 saturated carbocycles. The third-order valence-electron chi connectivity index (χ3n) is 2.05. The highest BCUT2D eigenvalue weighted by molar-refractivity contribution is 6.65. The molecule has 0 radical (unpaired) electrons. The number of hydrogen-bond donors (Lipinski definition) is 2. The van der Waals surface area contributed by atoms with E-state index < -0.39 is 0 Å². The molecular formula is C5H17N3Si3. The van der Waals surface area contributed by atoms with E-state index in [1.807, 2.05) is 0 Å². The van der Waals surface area contributed by atoms with E-state index >= 15 is 0 Å². The van der Waals surface area contributed by atoms with Crippen LogP contribution in [0.25, 0.3) is 0 Å². The zero-order valence-corrected chi connectivity index (χ0v) is 11.8. The van der Waals surface area contributed by atoms with E-state index in [0.717, 1.165) is 0 Å². The van der Waals surface area contributed by atoms with Gasteiger partial charge in [-0.25, -0.2) is 0 Å². The zero-order chi connectivity index (χ0) is 8.27. The smallest absolute Gasteiger partial charge is 0.185 e. The van der Waals surface area contributed by atoms with Crippen LogP contribution in [0.3, 0.4) is 0 Å². The van der Waals surface area contributed by atoms with Crippen molar-refractivity contribution in [3.63, 3.8) is 0 Å². The van der Waals surface area contributed by atoms with E-state index in [4.69, 9.17) is 0 Å². The Bertz CT molecular complexity index is 160. The number of nitrogens with zero attached hydrogens (tertiary/aromatic N) is 1. The third kappa shape index (κ3) is 2.56. The first-order valence-corrected chi connectivity index (χ1v) is 8.11. The van der Waals surface area contributed by atoms with Crippen LogP contribution in [-0.4, -0.2) is 33.8 Å². The number of rotatable bonds is 1. The molecule has 1 aliphatic heterocycles. The minimum Gasteiger partial charge on any atom is -0.415 e. The van der Waals surface area contributed by atoms with Crippen LogP contribution < -0.4 is 9.30 Å². The average Bonchev–Trinajstić information content (AvgIpc) is 2.05. The zero-order valence-electron chi connectivity index (χ0n) is 7.57. The van der Waals surface area contributed by atoms with E-state index in [9.17, 15) is 0 Å². The molecular weight excluding hydrogens is 186 g/mol. The molecule has 3 nitrogen and oxygen atoms in total. The fourth-order valence-electron chi connectivity index (χ4n) is 1.08. The fraction of sp³-hybridized carbons (Fsp3) is 0.600. The van der Waals surface area contributed by atoms with Crippen molar-refractivity contribution in [1.82, 2.24) is 13.5 Å². The molecule has 1 heterocycles. The van der Waals surface area contributed by atoms with Crippen molar-refractivity contribution >= 4 is 29.5 Å². The summed E-state index contributed by atoms with van der Waals surface area (Å²) in [5, 5.41) is 0. The second-order valence-corrected chi connectivity index (χ2v) is 10.5. The lowest BCUT2D eigenvalue weighted by molar-refractivity contribution is 0.786. The number of allylic oxidation sites excluding steroid dienone is 2. The van der Waals surface area contributed by atoms with Gasteiger partial charge < -0.3 is 13.5 Å². The molecule has 1 aliphatic rings. The predicted molar refractivity (Wildman–Crippen MR) is 57.8 cm³/mol. The summed E-state index contributed by atoms with van der Waals surface area (Å²) < 4.78 is 9.73. The van der Waals surface area contributed by atoms with Crippen LogP contribution in [0.2, 0.25) is 0 Å². The summed E-state index contributed by atoms with van der Waals surface area (Å²) in [5.74, 6) is 0. The van der Waals surface area contributed by atoms with E-state index in [1.165, 1.54) is 11.3 Å². The highest BCUT2D eigenvalue weighted by Gasteiger charge is 2.10. The Morgan fingerprint density at radius 3 is 2.09 bits per heavy atom. The third-order valence-corrected chi connectivity index (χ3v) is 8.90.